The van der Waals surface area contributed by atoms with Crippen molar-refractivity contribution in [3.8, 4) is 0 Å². The lowest BCUT2D eigenvalue weighted by atomic mass is 10.2. The fraction of sp³-hybridized carbons (Fsp3) is 0.333. The summed E-state index contributed by atoms with van der Waals surface area (Å²) in [5.74, 6) is -0.814. The Morgan fingerprint density at radius 3 is 2.47 bits per heavy atom. The lowest BCUT2D eigenvalue weighted by molar-refractivity contribution is -0.116. The Labute approximate surface area is 182 Å². The Hall–Kier alpha value is -2.58. The van der Waals surface area contributed by atoms with Crippen LogP contribution in [-0.4, -0.2) is 39.7 Å². The molecule has 9 heteroatoms. The zero-order valence-corrected chi connectivity index (χ0v) is 18.7. The number of halogens is 1. The summed E-state index contributed by atoms with van der Waals surface area (Å²) in [6, 6.07) is 11.7. The number of carbonyl (C=O) groups excluding carboxylic acids is 2. The molecule has 0 radical (unpaired) electrons. The van der Waals surface area contributed by atoms with Gasteiger partial charge in [-0.3, -0.25) is 9.10 Å². The highest BCUT2D eigenvalue weighted by Gasteiger charge is 2.19. The molecule has 0 bridgehead atoms. The average Bonchev–Trinajstić information content (AvgIpc) is 2.65. The van der Waals surface area contributed by atoms with Crippen molar-refractivity contribution >= 4 is 44.9 Å². The lowest BCUT2D eigenvalue weighted by Gasteiger charge is -2.24. The Kier molecular flexibility index (Phi) is 8.25. The third-order valence-electron chi connectivity index (χ3n) is 4.30. The number of nitrogens with zero attached hydrogens (tertiary/aromatic N) is 1. The van der Waals surface area contributed by atoms with Crippen LogP contribution in [0.5, 0.6) is 0 Å². The highest BCUT2D eigenvalue weighted by atomic mass is 35.5. The number of nitrogens with one attached hydrogen (secondary N) is 1. The molecule has 30 heavy (non-hydrogen) atoms. The summed E-state index contributed by atoms with van der Waals surface area (Å²) in [5.41, 5.74) is 2.10. The Bertz CT molecular complexity index is 1020. The minimum absolute atomic E-state index is 0.120. The molecule has 2 rings (SSSR count). The highest BCUT2D eigenvalue weighted by Crippen LogP contribution is 2.24. The summed E-state index contributed by atoms with van der Waals surface area (Å²) < 4.78 is 30.6. The molecule has 1 amide bonds. The number of esters is 1. The van der Waals surface area contributed by atoms with Crippen LogP contribution < -0.4 is 9.62 Å². The number of rotatable bonds is 9. The van der Waals surface area contributed by atoms with Crippen LogP contribution >= 0.6 is 11.6 Å². The molecular formula is C21H25ClN2O5S. The minimum Gasteiger partial charge on any atom is -0.462 e. The molecule has 0 atom stereocenters. The van der Waals surface area contributed by atoms with E-state index in [0.29, 0.717) is 17.8 Å². The van der Waals surface area contributed by atoms with Crippen LogP contribution in [0, 0.1) is 6.92 Å². The van der Waals surface area contributed by atoms with Crippen LogP contribution in [0.1, 0.15) is 35.7 Å². The van der Waals surface area contributed by atoms with Crippen molar-refractivity contribution in [2.24, 2.45) is 0 Å². The van der Waals surface area contributed by atoms with Gasteiger partial charge in [0.2, 0.25) is 15.9 Å². The summed E-state index contributed by atoms with van der Waals surface area (Å²) in [4.78, 5) is 24.0. The van der Waals surface area contributed by atoms with Crippen molar-refractivity contribution < 1.29 is 22.7 Å². The smallest absolute Gasteiger partial charge is 0.339 e. The van der Waals surface area contributed by atoms with E-state index in [1.54, 1.807) is 25.1 Å². The van der Waals surface area contributed by atoms with Gasteiger partial charge in [0.15, 0.2) is 0 Å². The molecule has 2 aromatic rings. The molecule has 0 unspecified atom stereocenters. The van der Waals surface area contributed by atoms with Gasteiger partial charge >= 0.3 is 5.97 Å². The second-order valence-corrected chi connectivity index (χ2v) is 9.00. The minimum atomic E-state index is -3.48. The maximum Gasteiger partial charge on any atom is 0.339 e. The van der Waals surface area contributed by atoms with Gasteiger partial charge in [0, 0.05) is 18.7 Å². The second-order valence-electron chi connectivity index (χ2n) is 6.69. The van der Waals surface area contributed by atoms with Gasteiger partial charge < -0.3 is 10.1 Å². The van der Waals surface area contributed by atoms with Crippen molar-refractivity contribution in [3.05, 3.63) is 58.6 Å². The maximum atomic E-state index is 12.3. The average molecular weight is 453 g/mol. The van der Waals surface area contributed by atoms with Gasteiger partial charge in [-0.15, -0.1) is 0 Å². The van der Waals surface area contributed by atoms with Crippen molar-refractivity contribution in [1.82, 2.24) is 0 Å². The van der Waals surface area contributed by atoms with Crippen LogP contribution in [0.25, 0.3) is 0 Å². The van der Waals surface area contributed by atoms with Crippen molar-refractivity contribution in [2.75, 3.05) is 29.0 Å². The monoisotopic (exact) mass is 452 g/mol. The first-order valence-corrected chi connectivity index (χ1v) is 11.7. The number of carbonyl (C=O) groups is 2. The van der Waals surface area contributed by atoms with Crippen LogP contribution in [0.2, 0.25) is 5.02 Å². The largest absolute Gasteiger partial charge is 0.462 e. The molecule has 0 aliphatic carbocycles. The van der Waals surface area contributed by atoms with Crippen LogP contribution in [0.4, 0.5) is 11.4 Å². The number of hydrogen-bond acceptors (Lipinski definition) is 5. The van der Waals surface area contributed by atoms with E-state index in [-0.39, 0.29) is 36.1 Å². The summed E-state index contributed by atoms with van der Waals surface area (Å²) in [6.07, 6.45) is 1.60. The van der Waals surface area contributed by atoms with E-state index in [4.69, 9.17) is 16.3 Å². The van der Waals surface area contributed by atoms with Crippen molar-refractivity contribution in [3.63, 3.8) is 0 Å². The van der Waals surface area contributed by atoms with E-state index in [0.717, 1.165) is 11.8 Å². The van der Waals surface area contributed by atoms with Gasteiger partial charge in [-0.05, 0) is 50.1 Å². The summed E-state index contributed by atoms with van der Waals surface area (Å²) in [7, 11) is -3.48. The summed E-state index contributed by atoms with van der Waals surface area (Å²) in [6.45, 7) is 3.95. The molecule has 7 nitrogen and oxygen atoms in total. The van der Waals surface area contributed by atoms with Gasteiger partial charge in [0.05, 0.1) is 29.1 Å². The first kappa shape index (κ1) is 23.7. The number of ether oxygens (including phenoxy) is 1. The van der Waals surface area contributed by atoms with E-state index >= 15 is 0 Å². The number of hydrogen-bond donors (Lipinski definition) is 1. The number of para-hydroxylation sites is 1. The SMILES string of the molecule is CCOC(=O)c1ccc(NC(=O)CCCN(c2ccccc2C)S(C)(=O)=O)cc1Cl. The zero-order valence-electron chi connectivity index (χ0n) is 17.1. The predicted molar refractivity (Wildman–Crippen MR) is 119 cm³/mol. The number of sulfonamides is 1. The fourth-order valence-electron chi connectivity index (χ4n) is 2.88. The molecule has 1 N–H and O–H groups in total. The molecule has 0 aliphatic rings. The third-order valence-corrected chi connectivity index (χ3v) is 5.79. The summed E-state index contributed by atoms with van der Waals surface area (Å²) >= 11 is 6.10. The third kappa shape index (κ3) is 6.47. The molecule has 0 heterocycles. The van der Waals surface area contributed by atoms with E-state index in [2.05, 4.69) is 5.32 Å². The topological polar surface area (TPSA) is 92.8 Å². The quantitative estimate of drug-likeness (QED) is 0.580. The van der Waals surface area contributed by atoms with Gasteiger partial charge in [-0.25, -0.2) is 13.2 Å². The van der Waals surface area contributed by atoms with Gasteiger partial charge in [-0.1, -0.05) is 29.8 Å². The maximum absolute atomic E-state index is 12.3. The molecule has 0 saturated heterocycles. The molecule has 0 saturated carbocycles. The molecular weight excluding hydrogens is 428 g/mol. The molecule has 162 valence electrons. The van der Waals surface area contributed by atoms with E-state index in [1.807, 2.05) is 19.1 Å². The first-order valence-electron chi connectivity index (χ1n) is 9.43. The fourth-order valence-corrected chi connectivity index (χ4v) is 4.16. The Balaban J connectivity index is 1.98. The highest BCUT2D eigenvalue weighted by molar-refractivity contribution is 7.92. The first-order chi connectivity index (χ1) is 14.1. The number of amides is 1. The van der Waals surface area contributed by atoms with E-state index in [1.165, 1.54) is 16.4 Å². The van der Waals surface area contributed by atoms with Crippen molar-refractivity contribution in [1.29, 1.82) is 0 Å². The predicted octanol–water partition coefficient (Wildman–Crippen LogP) is 4.01. The zero-order chi connectivity index (χ0) is 22.3. The van der Waals surface area contributed by atoms with Crippen LogP contribution in [0.3, 0.4) is 0 Å². The number of aryl methyl sites for hydroxylation is 1. The van der Waals surface area contributed by atoms with Crippen LogP contribution in [-0.2, 0) is 19.6 Å². The standard InChI is InChI=1S/C21H25ClN2O5S/c1-4-29-21(26)17-12-11-16(14-18(17)22)23-20(25)10-7-13-24(30(3,27)28)19-9-6-5-8-15(19)2/h5-6,8-9,11-12,14H,4,7,10,13H2,1-3H3,(H,23,25). The van der Waals surface area contributed by atoms with Gasteiger partial charge in [-0.2, -0.15) is 0 Å². The normalized spacial score (nSPS) is 11.1. The Morgan fingerprint density at radius 2 is 1.87 bits per heavy atom. The van der Waals surface area contributed by atoms with E-state index < -0.39 is 16.0 Å². The second kappa shape index (κ2) is 10.4. The molecule has 2 aromatic carbocycles. The Morgan fingerprint density at radius 1 is 1.17 bits per heavy atom. The van der Waals surface area contributed by atoms with Crippen molar-refractivity contribution in [2.45, 2.75) is 26.7 Å². The van der Waals surface area contributed by atoms with Gasteiger partial charge in [0.25, 0.3) is 0 Å². The molecule has 0 fully saturated rings. The van der Waals surface area contributed by atoms with Gasteiger partial charge in [0.1, 0.15) is 0 Å². The van der Waals surface area contributed by atoms with E-state index in [9.17, 15) is 18.0 Å². The van der Waals surface area contributed by atoms with Crippen LogP contribution in [0.15, 0.2) is 42.5 Å². The summed E-state index contributed by atoms with van der Waals surface area (Å²) in [5, 5.41) is 2.88. The molecule has 0 aromatic heterocycles. The number of benzene rings is 2. The number of anilines is 2. The lowest BCUT2D eigenvalue weighted by Crippen LogP contribution is -2.32. The molecule has 0 spiro atoms. The molecule has 0 aliphatic heterocycles.